The van der Waals surface area contributed by atoms with E-state index >= 15 is 0 Å². The number of Topliss-reactive ketones (excluding diaryl/α,β-unsaturated/α-hetero) is 3. The maximum absolute atomic E-state index is 12.8. The number of urea groups is 3. The van der Waals surface area contributed by atoms with E-state index in [2.05, 4.69) is 31.9 Å². The van der Waals surface area contributed by atoms with Gasteiger partial charge < -0.3 is 47.2 Å². The molecule has 18 nitrogen and oxygen atoms in total. The molecule has 96 heavy (non-hydrogen) atoms. The van der Waals surface area contributed by atoms with Crippen molar-refractivity contribution in [2.45, 2.75) is 57.8 Å². The Labute approximate surface area is 555 Å². The van der Waals surface area contributed by atoms with Crippen LogP contribution in [-0.2, 0) is 14.4 Å². The van der Waals surface area contributed by atoms with Gasteiger partial charge in [-0.05, 0) is 145 Å². The molecule has 0 radical (unpaired) electrons. The molecule has 6 amide bonds. The van der Waals surface area contributed by atoms with Gasteiger partial charge in [-0.1, -0.05) is 183 Å². The van der Waals surface area contributed by atoms with Crippen molar-refractivity contribution in [1.29, 1.82) is 0 Å². The summed E-state index contributed by atoms with van der Waals surface area (Å²) in [6.45, 7) is 0. The second kappa shape index (κ2) is 32.2. The molecule has 0 saturated heterocycles. The Morgan fingerprint density at radius 2 is 0.406 bits per heavy atom. The molecule has 18 heteroatoms. The first-order valence-corrected chi connectivity index (χ1v) is 31.8. The zero-order valence-electron chi connectivity index (χ0n) is 52.4. The number of ketones is 3. The molecule has 0 bridgehead atoms. The first kappa shape index (κ1) is 67.1. The number of amides is 6. The molecule has 12 rings (SSSR count). The second-order valence-electron chi connectivity index (χ2n) is 23.8. The van der Waals surface area contributed by atoms with Crippen molar-refractivity contribution in [3.63, 3.8) is 0 Å². The van der Waals surface area contributed by atoms with E-state index in [1.54, 1.807) is 36.4 Å². The molecule has 0 unspecified atom stereocenters. The van der Waals surface area contributed by atoms with Crippen LogP contribution in [0.2, 0.25) is 0 Å². The van der Waals surface area contributed by atoms with E-state index in [9.17, 15) is 58.5 Å². The first-order valence-electron chi connectivity index (χ1n) is 31.8. The monoisotopic (exact) mass is 1280 g/mol. The normalized spacial score (nSPS) is 17.5. The van der Waals surface area contributed by atoms with Crippen LogP contribution in [0.15, 0.2) is 237 Å². The van der Waals surface area contributed by atoms with Crippen LogP contribution in [-0.4, -0.2) is 68.7 Å². The third-order valence-electron chi connectivity index (χ3n) is 17.5. The van der Waals surface area contributed by atoms with Gasteiger partial charge in [-0.3, -0.25) is 28.8 Å². The molecule has 9 N–H and O–H groups in total. The molecule has 6 atom stereocenters. The van der Waals surface area contributed by atoms with Gasteiger partial charge in [0, 0.05) is 68.6 Å². The Kier molecular flexibility index (Phi) is 22.5. The van der Waals surface area contributed by atoms with Crippen LogP contribution in [0.4, 0.5) is 48.5 Å². The Hall–Kier alpha value is -11.8. The number of para-hydroxylation sites is 3. The van der Waals surface area contributed by atoms with Gasteiger partial charge in [-0.15, -0.1) is 0 Å². The number of rotatable bonds is 18. The molecule has 3 fully saturated rings. The standard InChI is InChI=1S/3C26H24N2O4/c3*29-24(22-7-4-8-23(22)25(30)31)19-11-9-17(10-12-19)18-13-15-21(16-14-18)28-26(32)27-20-5-2-1-3-6-20/h3*1-3,5-6,9-16,22-23H,4,7-8H2,(H,30,31)(H2,27,28,32)/t3*22-,23-/m111/s1. The largest absolute Gasteiger partial charge is 0.481 e. The predicted octanol–water partition coefficient (Wildman–Crippen LogP) is 17.0. The Morgan fingerprint density at radius 3 is 0.604 bits per heavy atom. The highest BCUT2D eigenvalue weighted by Crippen LogP contribution is 2.38. The van der Waals surface area contributed by atoms with Crippen molar-refractivity contribution in [1.82, 2.24) is 0 Å². The molecule has 486 valence electrons. The molecule has 3 aliphatic carbocycles. The molecule has 0 spiro atoms. The van der Waals surface area contributed by atoms with E-state index in [1.807, 2.05) is 200 Å². The maximum Gasteiger partial charge on any atom is 0.323 e. The molecule has 3 aliphatic rings. The second-order valence-corrected chi connectivity index (χ2v) is 23.8. The van der Waals surface area contributed by atoms with Crippen LogP contribution < -0.4 is 31.9 Å². The summed E-state index contributed by atoms with van der Waals surface area (Å²) in [6.07, 6.45) is 5.89. The van der Waals surface area contributed by atoms with Crippen molar-refractivity contribution in [2.24, 2.45) is 35.5 Å². The highest BCUT2D eigenvalue weighted by molar-refractivity contribution is 6.04. The highest BCUT2D eigenvalue weighted by Gasteiger charge is 2.40. The molecule has 9 aromatic carbocycles. The fourth-order valence-corrected chi connectivity index (χ4v) is 12.5. The number of hydrogen-bond donors (Lipinski definition) is 9. The average molecular weight is 1290 g/mol. The Balaban J connectivity index is 0.000000157. The lowest BCUT2D eigenvalue weighted by molar-refractivity contribution is -0.143. The fraction of sp³-hybridized carbons (Fsp3) is 0.192. The van der Waals surface area contributed by atoms with E-state index in [0.717, 1.165) is 52.6 Å². The highest BCUT2D eigenvalue weighted by atomic mass is 16.4. The van der Waals surface area contributed by atoms with E-state index in [4.69, 9.17) is 0 Å². The summed E-state index contributed by atoms with van der Waals surface area (Å²) in [5.74, 6) is -6.00. The summed E-state index contributed by atoms with van der Waals surface area (Å²) in [5.41, 5.74) is 11.4. The maximum atomic E-state index is 12.8. The molecule has 0 heterocycles. The Bertz CT molecular complexity index is 3760. The molecular weight excluding hydrogens is 1210 g/mol. The molecular formula is C78H72N6O12. The number of anilines is 6. The van der Waals surface area contributed by atoms with Gasteiger partial charge in [0.05, 0.1) is 17.8 Å². The lowest BCUT2D eigenvalue weighted by Gasteiger charge is -2.14. The summed E-state index contributed by atoms with van der Waals surface area (Å²) in [5, 5.41) is 44.7. The summed E-state index contributed by atoms with van der Waals surface area (Å²) in [4.78, 5) is 109. The van der Waals surface area contributed by atoms with E-state index in [1.165, 1.54) is 0 Å². The summed E-state index contributed by atoms with van der Waals surface area (Å²) < 4.78 is 0. The first-order chi connectivity index (χ1) is 46.5. The molecule has 0 aromatic heterocycles. The van der Waals surface area contributed by atoms with Crippen LogP contribution in [0.1, 0.15) is 88.9 Å². The Morgan fingerprint density at radius 1 is 0.229 bits per heavy atom. The van der Waals surface area contributed by atoms with Gasteiger partial charge in [0.15, 0.2) is 17.3 Å². The van der Waals surface area contributed by atoms with Gasteiger partial charge in [0.1, 0.15) is 0 Å². The number of benzene rings is 9. The van der Waals surface area contributed by atoms with E-state index < -0.39 is 53.4 Å². The van der Waals surface area contributed by atoms with Crippen LogP contribution in [0.25, 0.3) is 33.4 Å². The van der Waals surface area contributed by atoms with Crippen molar-refractivity contribution < 1.29 is 58.5 Å². The van der Waals surface area contributed by atoms with Crippen LogP contribution >= 0.6 is 0 Å². The van der Waals surface area contributed by atoms with Gasteiger partial charge >= 0.3 is 36.0 Å². The SMILES string of the molecule is O=C(Nc1ccccc1)Nc1ccc(-c2ccc(C(=O)[C@@H]3CCC[C@H]3C(=O)O)cc2)cc1.O=C(Nc1ccccc1)Nc1ccc(-c2ccc(C(=O)[C@@H]3CCC[C@H]3C(=O)O)cc2)cc1.O=C(Nc1ccccc1)Nc1ccc(-c2ccc(C(=O)[C@@H]3CCC[C@H]3C(=O)O)cc2)cc1. The zero-order valence-corrected chi connectivity index (χ0v) is 52.4. The summed E-state index contributed by atoms with van der Waals surface area (Å²) in [6, 6.07) is 70.6. The predicted molar refractivity (Wildman–Crippen MR) is 371 cm³/mol. The van der Waals surface area contributed by atoms with Crippen LogP contribution in [0, 0.1) is 35.5 Å². The smallest absolute Gasteiger partial charge is 0.323 e. The van der Waals surface area contributed by atoms with Crippen molar-refractivity contribution in [2.75, 3.05) is 31.9 Å². The summed E-state index contributed by atoms with van der Waals surface area (Å²) in [7, 11) is 0. The third-order valence-corrected chi connectivity index (χ3v) is 17.5. The minimum atomic E-state index is -0.886. The number of nitrogens with one attached hydrogen (secondary N) is 6. The summed E-state index contributed by atoms with van der Waals surface area (Å²) >= 11 is 0. The van der Waals surface area contributed by atoms with Crippen molar-refractivity contribution >= 4 is 87.5 Å². The fourth-order valence-electron chi connectivity index (χ4n) is 12.5. The minimum absolute atomic E-state index is 0.0922. The minimum Gasteiger partial charge on any atom is -0.481 e. The van der Waals surface area contributed by atoms with Gasteiger partial charge in [0.25, 0.3) is 0 Å². The quantitative estimate of drug-likeness (QED) is 0.0363. The molecule has 3 saturated carbocycles. The zero-order chi connectivity index (χ0) is 67.5. The van der Waals surface area contributed by atoms with Crippen LogP contribution in [0.5, 0.6) is 0 Å². The van der Waals surface area contributed by atoms with Crippen molar-refractivity contribution in [3.05, 3.63) is 253 Å². The number of carbonyl (C=O) groups is 9. The van der Waals surface area contributed by atoms with E-state index in [-0.39, 0.29) is 35.4 Å². The lowest BCUT2D eigenvalue weighted by atomic mass is 9.88. The van der Waals surface area contributed by atoms with Gasteiger partial charge in [-0.2, -0.15) is 0 Å². The van der Waals surface area contributed by atoms with E-state index in [0.29, 0.717) is 89.3 Å². The number of carboxylic acids is 3. The topological polar surface area (TPSA) is 286 Å². The van der Waals surface area contributed by atoms with Gasteiger partial charge in [0.2, 0.25) is 0 Å². The number of carbonyl (C=O) groups excluding carboxylic acids is 6. The van der Waals surface area contributed by atoms with Crippen LogP contribution in [0.3, 0.4) is 0 Å². The van der Waals surface area contributed by atoms with Crippen molar-refractivity contribution in [3.8, 4) is 33.4 Å². The number of aliphatic carboxylic acids is 3. The third kappa shape index (κ3) is 17.9. The van der Waals surface area contributed by atoms with Gasteiger partial charge in [-0.25, -0.2) is 14.4 Å². The molecule has 9 aromatic rings. The number of carboxylic acid groups (broad SMARTS) is 3. The molecule has 0 aliphatic heterocycles. The lowest BCUT2D eigenvalue weighted by Crippen LogP contribution is -2.25. The average Bonchev–Trinajstić information content (AvgIpc) is 1.64. The number of hydrogen-bond acceptors (Lipinski definition) is 9.